The van der Waals surface area contributed by atoms with Gasteiger partial charge < -0.3 is 5.11 Å². The second kappa shape index (κ2) is 3.98. The number of carboxylic acid groups (broad SMARTS) is 1. The fraction of sp³-hybridized carbons (Fsp3) is 0.222. The minimum absolute atomic E-state index is 0.270. The molecule has 1 aliphatic rings. The van der Waals surface area contributed by atoms with E-state index >= 15 is 0 Å². The summed E-state index contributed by atoms with van der Waals surface area (Å²) < 4.78 is 13.2. The van der Waals surface area contributed by atoms with Crippen molar-refractivity contribution in [2.45, 2.75) is 6.04 Å². The molecule has 2 rings (SSSR count). The number of pyridine rings is 1. The van der Waals surface area contributed by atoms with Crippen LogP contribution in [-0.2, 0) is 4.79 Å². The summed E-state index contributed by atoms with van der Waals surface area (Å²) in [5.41, 5.74) is 0.270. The number of aliphatic carboxylic acids is 1. The van der Waals surface area contributed by atoms with Gasteiger partial charge in [0, 0.05) is 11.9 Å². The van der Waals surface area contributed by atoms with Gasteiger partial charge in [0.1, 0.15) is 5.04 Å². The van der Waals surface area contributed by atoms with Crippen molar-refractivity contribution in [1.82, 2.24) is 4.98 Å². The first-order chi connectivity index (χ1) is 7.18. The molecule has 0 fully saturated rings. The molecule has 0 saturated heterocycles. The molecular formula is C9H7FN2O2S. The summed E-state index contributed by atoms with van der Waals surface area (Å²) in [7, 11) is 0. The Morgan fingerprint density at radius 1 is 1.67 bits per heavy atom. The van der Waals surface area contributed by atoms with Crippen LogP contribution < -0.4 is 0 Å². The number of carbonyl (C=O) groups is 1. The van der Waals surface area contributed by atoms with Crippen molar-refractivity contribution in [2.75, 3.05) is 5.75 Å². The van der Waals surface area contributed by atoms with E-state index in [1.807, 2.05) is 0 Å². The molecule has 1 aliphatic heterocycles. The van der Waals surface area contributed by atoms with E-state index in [0.717, 1.165) is 0 Å². The van der Waals surface area contributed by atoms with Gasteiger partial charge in [0.2, 0.25) is 5.95 Å². The largest absolute Gasteiger partial charge is 0.480 e. The highest BCUT2D eigenvalue weighted by atomic mass is 32.2. The molecule has 1 atom stereocenters. The van der Waals surface area contributed by atoms with E-state index in [-0.39, 0.29) is 5.56 Å². The lowest BCUT2D eigenvalue weighted by atomic mass is 10.3. The predicted octanol–water partition coefficient (Wildman–Crippen LogP) is 1.17. The number of aliphatic imine (C=N–C) groups is 1. The fourth-order valence-corrected chi connectivity index (χ4v) is 2.24. The third-order valence-corrected chi connectivity index (χ3v) is 3.01. The number of hydrogen-bond acceptors (Lipinski definition) is 4. The maximum absolute atomic E-state index is 13.2. The van der Waals surface area contributed by atoms with Crippen LogP contribution in [0.4, 0.5) is 4.39 Å². The molecule has 1 N–H and O–H groups in total. The van der Waals surface area contributed by atoms with Crippen molar-refractivity contribution in [3.63, 3.8) is 0 Å². The third-order valence-electron chi connectivity index (χ3n) is 1.93. The molecule has 6 heteroatoms. The lowest BCUT2D eigenvalue weighted by Crippen LogP contribution is -2.17. The Kier molecular flexibility index (Phi) is 2.68. The first-order valence-corrected chi connectivity index (χ1v) is 5.21. The standard InChI is InChI=1S/C9H7FN2O2S/c10-7-5(2-1-3-11-7)8-12-6(4-15-8)9(13)14/h1-3,6H,4H2,(H,13,14). The molecular weight excluding hydrogens is 219 g/mol. The second-order valence-corrected chi connectivity index (χ2v) is 3.95. The molecule has 0 spiro atoms. The zero-order valence-corrected chi connectivity index (χ0v) is 8.37. The zero-order valence-electron chi connectivity index (χ0n) is 7.55. The lowest BCUT2D eigenvalue weighted by Gasteiger charge is -1.98. The molecule has 1 unspecified atom stereocenters. The maximum Gasteiger partial charge on any atom is 0.329 e. The smallest absolute Gasteiger partial charge is 0.329 e. The molecule has 0 aromatic carbocycles. The minimum Gasteiger partial charge on any atom is -0.480 e. The average molecular weight is 226 g/mol. The predicted molar refractivity (Wildman–Crippen MR) is 54.6 cm³/mol. The van der Waals surface area contributed by atoms with Gasteiger partial charge in [-0.3, -0.25) is 4.99 Å². The Labute approximate surface area is 89.2 Å². The Balaban J connectivity index is 2.30. The number of hydrogen-bond donors (Lipinski definition) is 1. The molecule has 78 valence electrons. The van der Waals surface area contributed by atoms with Gasteiger partial charge in [-0.2, -0.15) is 4.39 Å². The third kappa shape index (κ3) is 1.99. The van der Waals surface area contributed by atoms with Crippen LogP contribution in [0.25, 0.3) is 0 Å². The van der Waals surface area contributed by atoms with Crippen molar-refractivity contribution >= 4 is 22.8 Å². The number of halogens is 1. The van der Waals surface area contributed by atoms with E-state index in [4.69, 9.17) is 5.11 Å². The SMILES string of the molecule is O=C(O)C1CSC(c2cccnc2F)=N1. The summed E-state index contributed by atoms with van der Waals surface area (Å²) >= 11 is 1.24. The quantitative estimate of drug-likeness (QED) is 0.769. The molecule has 0 aliphatic carbocycles. The molecule has 15 heavy (non-hydrogen) atoms. The summed E-state index contributed by atoms with van der Waals surface area (Å²) in [6, 6.07) is 2.36. The summed E-state index contributed by atoms with van der Waals surface area (Å²) in [6.07, 6.45) is 1.34. The van der Waals surface area contributed by atoms with Gasteiger partial charge in [0.25, 0.3) is 0 Å². The van der Waals surface area contributed by atoms with Crippen LogP contribution in [0.3, 0.4) is 0 Å². The summed E-state index contributed by atoms with van der Waals surface area (Å²) in [4.78, 5) is 18.0. The van der Waals surface area contributed by atoms with Gasteiger partial charge >= 0.3 is 5.97 Å². The highest BCUT2D eigenvalue weighted by Gasteiger charge is 2.26. The molecule has 1 aromatic heterocycles. The number of rotatable bonds is 2. The van der Waals surface area contributed by atoms with E-state index in [2.05, 4.69) is 9.98 Å². The van der Waals surface area contributed by atoms with Crippen LogP contribution >= 0.6 is 11.8 Å². The van der Waals surface area contributed by atoms with E-state index in [1.54, 1.807) is 12.1 Å². The van der Waals surface area contributed by atoms with Gasteiger partial charge in [-0.1, -0.05) is 0 Å². The van der Waals surface area contributed by atoms with Crippen LogP contribution in [0.5, 0.6) is 0 Å². The van der Waals surface area contributed by atoms with Crippen molar-refractivity contribution in [3.05, 3.63) is 29.8 Å². The van der Waals surface area contributed by atoms with E-state index in [0.29, 0.717) is 10.8 Å². The van der Waals surface area contributed by atoms with Crippen LogP contribution in [-0.4, -0.2) is 32.9 Å². The molecule has 0 amide bonds. The Hall–Kier alpha value is -1.43. The lowest BCUT2D eigenvalue weighted by molar-refractivity contribution is -0.137. The van der Waals surface area contributed by atoms with Crippen molar-refractivity contribution < 1.29 is 14.3 Å². The monoisotopic (exact) mass is 226 g/mol. The van der Waals surface area contributed by atoms with Crippen molar-refractivity contribution in [2.24, 2.45) is 4.99 Å². The number of carboxylic acids is 1. The van der Waals surface area contributed by atoms with Crippen molar-refractivity contribution in [3.8, 4) is 0 Å². The van der Waals surface area contributed by atoms with Gasteiger partial charge in [-0.05, 0) is 12.1 Å². The number of nitrogens with zero attached hydrogens (tertiary/aromatic N) is 2. The highest BCUT2D eigenvalue weighted by Crippen LogP contribution is 2.24. The molecule has 0 radical (unpaired) electrons. The first-order valence-electron chi connectivity index (χ1n) is 4.23. The highest BCUT2D eigenvalue weighted by molar-refractivity contribution is 8.14. The van der Waals surface area contributed by atoms with Crippen molar-refractivity contribution in [1.29, 1.82) is 0 Å². The molecule has 0 bridgehead atoms. The first kappa shape index (κ1) is 10.1. The fourth-order valence-electron chi connectivity index (χ4n) is 1.19. The number of thioether (sulfide) groups is 1. The number of aromatic nitrogens is 1. The van der Waals surface area contributed by atoms with E-state index < -0.39 is 18.0 Å². The topological polar surface area (TPSA) is 62.5 Å². The Bertz CT molecular complexity index is 436. The minimum atomic E-state index is -0.984. The van der Waals surface area contributed by atoms with Gasteiger partial charge in [0.15, 0.2) is 6.04 Å². The Morgan fingerprint density at radius 3 is 3.07 bits per heavy atom. The Morgan fingerprint density at radius 2 is 2.47 bits per heavy atom. The molecule has 4 nitrogen and oxygen atoms in total. The van der Waals surface area contributed by atoms with Crippen LogP contribution in [0.1, 0.15) is 5.56 Å². The summed E-state index contributed by atoms with van der Waals surface area (Å²) in [6.45, 7) is 0. The summed E-state index contributed by atoms with van der Waals surface area (Å²) in [5, 5.41) is 9.13. The molecule has 1 aromatic rings. The second-order valence-electron chi connectivity index (χ2n) is 2.94. The van der Waals surface area contributed by atoms with Gasteiger partial charge in [0.05, 0.1) is 5.56 Å². The maximum atomic E-state index is 13.2. The van der Waals surface area contributed by atoms with E-state index in [1.165, 1.54) is 18.0 Å². The van der Waals surface area contributed by atoms with Gasteiger partial charge in [-0.25, -0.2) is 9.78 Å². The molecule has 2 heterocycles. The van der Waals surface area contributed by atoms with Crippen LogP contribution in [0.2, 0.25) is 0 Å². The molecule has 0 saturated carbocycles. The van der Waals surface area contributed by atoms with Crippen LogP contribution in [0.15, 0.2) is 23.3 Å². The van der Waals surface area contributed by atoms with Gasteiger partial charge in [-0.15, -0.1) is 11.8 Å². The zero-order chi connectivity index (χ0) is 10.8. The average Bonchev–Trinajstić information content (AvgIpc) is 2.67. The summed E-state index contributed by atoms with van der Waals surface area (Å²) in [5.74, 6) is -1.25. The normalized spacial score (nSPS) is 20.1. The van der Waals surface area contributed by atoms with E-state index in [9.17, 15) is 9.18 Å². The van der Waals surface area contributed by atoms with Crippen LogP contribution in [0, 0.1) is 5.95 Å².